The highest BCUT2D eigenvalue weighted by Crippen LogP contribution is 2.35. The van der Waals surface area contributed by atoms with Gasteiger partial charge in [0.15, 0.2) is 28.6 Å². The standard InChI is InChI=1S/C19H19F3N6O2S.C5H10FN/c1-4-28(3)31(29)27-17-12(20)10-14(15(21)16(17)22)30-18-11(6-5-8-24-18)13-7-9-25-19(23-2)26-13;6-5-2-1-3-7-4-5/h5-10,27H,4H2,1-3H3,(H,23,25,26);5,7H,1-4H2. The molecule has 3 heterocycles. The summed E-state index contributed by atoms with van der Waals surface area (Å²) >= 11 is -1.96. The zero-order valence-corrected chi connectivity index (χ0v) is 21.9. The monoisotopic (exact) mass is 555 g/mol. The minimum absolute atomic E-state index is 0.115. The van der Waals surface area contributed by atoms with E-state index in [1.807, 2.05) is 0 Å². The second-order valence-corrected chi connectivity index (χ2v) is 9.40. The maximum Gasteiger partial charge on any atom is 0.228 e. The summed E-state index contributed by atoms with van der Waals surface area (Å²) in [6, 6.07) is 5.44. The van der Waals surface area contributed by atoms with E-state index in [4.69, 9.17) is 4.74 Å². The number of nitrogens with zero attached hydrogens (tertiary/aromatic N) is 4. The second kappa shape index (κ2) is 14.0. The van der Waals surface area contributed by atoms with Gasteiger partial charge in [-0.15, -0.1) is 0 Å². The zero-order valence-electron chi connectivity index (χ0n) is 21.1. The summed E-state index contributed by atoms with van der Waals surface area (Å²) in [5, 5.41) is 5.75. The Labute approximate surface area is 220 Å². The van der Waals surface area contributed by atoms with Crippen LogP contribution < -0.4 is 20.1 Å². The first-order chi connectivity index (χ1) is 18.2. The lowest BCUT2D eigenvalue weighted by Crippen LogP contribution is -2.30. The molecular formula is C24H29F4N7O2S. The number of benzene rings is 1. The van der Waals surface area contributed by atoms with Gasteiger partial charge < -0.3 is 15.4 Å². The van der Waals surface area contributed by atoms with Crippen LogP contribution in [0.3, 0.4) is 0 Å². The zero-order chi connectivity index (χ0) is 27.7. The first-order valence-electron chi connectivity index (χ1n) is 11.8. The molecule has 0 saturated carbocycles. The van der Waals surface area contributed by atoms with Gasteiger partial charge >= 0.3 is 0 Å². The number of anilines is 2. The third kappa shape index (κ3) is 7.58. The molecule has 1 fully saturated rings. The predicted molar refractivity (Wildman–Crippen MR) is 138 cm³/mol. The van der Waals surface area contributed by atoms with E-state index in [-0.39, 0.29) is 5.88 Å². The van der Waals surface area contributed by atoms with Crippen LogP contribution >= 0.6 is 0 Å². The summed E-state index contributed by atoms with van der Waals surface area (Å²) in [6.07, 6.45) is 4.06. The molecule has 206 valence electrons. The van der Waals surface area contributed by atoms with Crippen molar-refractivity contribution in [3.8, 4) is 22.9 Å². The first-order valence-corrected chi connectivity index (χ1v) is 12.9. The van der Waals surface area contributed by atoms with Gasteiger partial charge in [-0.05, 0) is 37.6 Å². The first kappa shape index (κ1) is 29.2. The molecule has 1 aromatic carbocycles. The molecule has 3 N–H and O–H groups in total. The topological polar surface area (TPSA) is 104 Å². The van der Waals surface area contributed by atoms with Crippen molar-refractivity contribution >= 4 is 22.8 Å². The van der Waals surface area contributed by atoms with E-state index in [1.165, 1.54) is 23.7 Å². The van der Waals surface area contributed by atoms with Crippen LogP contribution in [-0.2, 0) is 11.2 Å². The number of ether oxygens (including phenoxy) is 1. The number of alkyl halides is 1. The van der Waals surface area contributed by atoms with Gasteiger partial charge in [0.1, 0.15) is 11.9 Å². The van der Waals surface area contributed by atoms with Gasteiger partial charge in [-0.25, -0.2) is 36.6 Å². The molecular weight excluding hydrogens is 526 g/mol. The molecule has 0 bridgehead atoms. The van der Waals surface area contributed by atoms with Crippen molar-refractivity contribution in [1.82, 2.24) is 24.6 Å². The van der Waals surface area contributed by atoms with Crippen molar-refractivity contribution < 1.29 is 26.5 Å². The molecule has 4 rings (SSSR count). The summed E-state index contributed by atoms with van der Waals surface area (Å²) in [5.74, 6) is -4.71. The third-order valence-electron chi connectivity index (χ3n) is 5.41. The van der Waals surface area contributed by atoms with Gasteiger partial charge in [-0.3, -0.25) is 4.72 Å². The second-order valence-electron chi connectivity index (χ2n) is 8.07. The summed E-state index contributed by atoms with van der Waals surface area (Å²) in [5.41, 5.74) is -0.103. The molecule has 0 amide bonds. The number of hydrogen-bond acceptors (Lipinski definition) is 7. The van der Waals surface area contributed by atoms with Gasteiger partial charge in [-0.1, -0.05) is 6.92 Å². The fourth-order valence-electron chi connectivity index (χ4n) is 3.23. The van der Waals surface area contributed by atoms with Crippen LogP contribution in [-0.4, -0.2) is 63.4 Å². The fourth-order valence-corrected chi connectivity index (χ4v) is 3.99. The largest absolute Gasteiger partial charge is 0.435 e. The lowest BCUT2D eigenvalue weighted by Gasteiger charge is -2.16. The molecule has 38 heavy (non-hydrogen) atoms. The molecule has 0 aliphatic carbocycles. The number of piperidine rings is 1. The van der Waals surface area contributed by atoms with Gasteiger partial charge in [0.2, 0.25) is 17.6 Å². The Morgan fingerprint density at radius 3 is 2.63 bits per heavy atom. The molecule has 2 unspecified atom stereocenters. The Hall–Kier alpha value is -3.36. The molecule has 1 aliphatic heterocycles. The molecule has 14 heteroatoms. The summed E-state index contributed by atoms with van der Waals surface area (Å²) < 4.78 is 76.6. The Balaban J connectivity index is 0.000000494. The molecule has 1 aliphatic rings. The van der Waals surface area contributed by atoms with Crippen molar-refractivity contribution in [2.75, 3.05) is 43.8 Å². The van der Waals surface area contributed by atoms with Crippen LogP contribution in [0.2, 0.25) is 0 Å². The molecule has 0 spiro atoms. The van der Waals surface area contributed by atoms with E-state index in [0.717, 1.165) is 19.4 Å². The lowest BCUT2D eigenvalue weighted by atomic mass is 10.1. The smallest absolute Gasteiger partial charge is 0.228 e. The molecule has 2 atom stereocenters. The number of rotatable bonds is 8. The predicted octanol–water partition coefficient (Wildman–Crippen LogP) is 4.44. The van der Waals surface area contributed by atoms with Crippen molar-refractivity contribution in [3.05, 3.63) is 54.1 Å². The average molecular weight is 556 g/mol. The van der Waals surface area contributed by atoms with Crippen LogP contribution in [0.25, 0.3) is 11.3 Å². The van der Waals surface area contributed by atoms with Crippen LogP contribution in [0, 0.1) is 17.5 Å². The highest BCUT2D eigenvalue weighted by atomic mass is 32.2. The fraction of sp³-hybridized carbons (Fsp3) is 0.375. The number of hydrogen-bond donors (Lipinski definition) is 3. The lowest BCUT2D eigenvalue weighted by molar-refractivity contribution is 0.266. The van der Waals surface area contributed by atoms with Crippen LogP contribution in [0.1, 0.15) is 19.8 Å². The van der Waals surface area contributed by atoms with Crippen LogP contribution in [0.4, 0.5) is 29.2 Å². The molecule has 1 saturated heterocycles. The Bertz CT molecular complexity index is 1250. The van der Waals surface area contributed by atoms with E-state index >= 15 is 0 Å². The van der Waals surface area contributed by atoms with Crippen LogP contribution in [0.5, 0.6) is 11.6 Å². The van der Waals surface area contributed by atoms with Gasteiger partial charge in [0.25, 0.3) is 0 Å². The highest BCUT2D eigenvalue weighted by Gasteiger charge is 2.24. The van der Waals surface area contributed by atoms with Gasteiger partial charge in [0, 0.05) is 45.6 Å². The molecule has 3 aromatic rings. The Morgan fingerprint density at radius 1 is 1.21 bits per heavy atom. The van der Waals surface area contributed by atoms with Gasteiger partial charge in [-0.2, -0.15) is 4.39 Å². The minimum atomic E-state index is -1.96. The summed E-state index contributed by atoms with van der Waals surface area (Å²) in [6.45, 7) is 3.61. The van der Waals surface area contributed by atoms with Crippen LogP contribution in [0.15, 0.2) is 36.7 Å². The number of nitrogens with one attached hydrogen (secondary N) is 3. The molecule has 0 radical (unpaired) electrons. The number of halogens is 4. The van der Waals surface area contributed by atoms with E-state index < -0.39 is 46.2 Å². The van der Waals surface area contributed by atoms with Crippen molar-refractivity contribution in [2.45, 2.75) is 25.9 Å². The average Bonchev–Trinajstić information content (AvgIpc) is 2.94. The maximum absolute atomic E-state index is 14.6. The summed E-state index contributed by atoms with van der Waals surface area (Å²) in [4.78, 5) is 12.3. The van der Waals surface area contributed by atoms with E-state index in [2.05, 4.69) is 30.3 Å². The highest BCUT2D eigenvalue weighted by molar-refractivity contribution is 7.84. The Morgan fingerprint density at radius 2 is 2.00 bits per heavy atom. The molecule has 9 nitrogen and oxygen atoms in total. The van der Waals surface area contributed by atoms with Crippen molar-refractivity contribution in [3.63, 3.8) is 0 Å². The normalized spacial score (nSPS) is 15.8. The number of aromatic nitrogens is 3. The Kier molecular flexibility index (Phi) is 10.7. The quantitative estimate of drug-likeness (QED) is 0.279. The van der Waals surface area contributed by atoms with Crippen molar-refractivity contribution in [1.29, 1.82) is 0 Å². The van der Waals surface area contributed by atoms with Crippen molar-refractivity contribution in [2.24, 2.45) is 0 Å². The van der Waals surface area contributed by atoms with E-state index in [9.17, 15) is 21.8 Å². The third-order valence-corrected chi connectivity index (χ3v) is 6.62. The maximum atomic E-state index is 14.6. The summed E-state index contributed by atoms with van der Waals surface area (Å²) in [7, 11) is 3.11. The minimum Gasteiger partial charge on any atom is -0.435 e. The SMILES string of the molecule is CCN(C)S(=O)Nc1c(F)cc(Oc2ncccc2-c2ccnc(NC)n2)c(F)c1F.FC1CCCNC1. The van der Waals surface area contributed by atoms with E-state index in [0.29, 0.717) is 36.4 Å². The van der Waals surface area contributed by atoms with Gasteiger partial charge in [0.05, 0.1) is 11.3 Å². The number of pyridine rings is 1. The van der Waals surface area contributed by atoms with E-state index in [1.54, 1.807) is 32.2 Å². The molecule has 2 aromatic heterocycles.